The molecule has 0 bridgehead atoms. The number of rotatable bonds is 11. The molecule has 12 heteroatoms. The predicted octanol–water partition coefficient (Wildman–Crippen LogP) is -0.752. The van der Waals surface area contributed by atoms with Gasteiger partial charge in [-0.3, -0.25) is 14.4 Å². The van der Waals surface area contributed by atoms with Crippen LogP contribution in [0.3, 0.4) is 0 Å². The molecule has 1 saturated heterocycles. The Morgan fingerprint density at radius 3 is 1.97 bits per heavy atom. The van der Waals surface area contributed by atoms with Crippen LogP contribution in [0.15, 0.2) is 48.5 Å². The van der Waals surface area contributed by atoms with E-state index in [1.807, 2.05) is 0 Å². The van der Waals surface area contributed by atoms with Crippen LogP contribution in [0.25, 0.3) is 0 Å². The number of carbonyl (C=O) groups excluding carboxylic acids is 3. The van der Waals surface area contributed by atoms with Gasteiger partial charge in [0.2, 0.25) is 17.7 Å². The molecule has 0 aliphatic carbocycles. The Balaban J connectivity index is 1.72. The summed E-state index contributed by atoms with van der Waals surface area (Å²) in [5, 5.41) is 42.3. The van der Waals surface area contributed by atoms with E-state index < -0.39 is 54.5 Å². The summed E-state index contributed by atoms with van der Waals surface area (Å²) in [6.07, 6.45) is 1.08. The van der Waals surface area contributed by atoms with Crippen LogP contribution in [0.5, 0.6) is 11.5 Å². The van der Waals surface area contributed by atoms with Gasteiger partial charge in [0.1, 0.15) is 29.6 Å². The molecule has 1 aliphatic rings. The van der Waals surface area contributed by atoms with Gasteiger partial charge in [0.25, 0.3) is 0 Å². The Bertz CT molecular complexity index is 1140. The lowest BCUT2D eigenvalue weighted by Crippen LogP contribution is -2.57. The highest BCUT2D eigenvalue weighted by Crippen LogP contribution is 2.20. The van der Waals surface area contributed by atoms with E-state index in [1.165, 1.54) is 29.2 Å². The smallest absolute Gasteiger partial charge is 0.328 e. The summed E-state index contributed by atoms with van der Waals surface area (Å²) >= 11 is 0. The molecule has 38 heavy (non-hydrogen) atoms. The third kappa shape index (κ3) is 7.43. The number of likely N-dealkylation sites (tertiary alicyclic amines) is 1. The molecule has 4 atom stereocenters. The van der Waals surface area contributed by atoms with Crippen molar-refractivity contribution in [3.8, 4) is 11.5 Å². The van der Waals surface area contributed by atoms with Crippen LogP contribution < -0.4 is 16.4 Å². The summed E-state index contributed by atoms with van der Waals surface area (Å²) in [5.74, 6) is -3.19. The average molecular weight is 529 g/mol. The van der Waals surface area contributed by atoms with Gasteiger partial charge >= 0.3 is 5.97 Å². The number of carboxylic acids is 1. The second-order valence-corrected chi connectivity index (χ2v) is 9.18. The highest BCUT2D eigenvalue weighted by molar-refractivity contribution is 5.94. The Kier molecular flexibility index (Phi) is 9.63. The first-order valence-corrected chi connectivity index (χ1v) is 12.1. The molecule has 8 N–H and O–H groups in total. The Morgan fingerprint density at radius 1 is 0.895 bits per heavy atom. The van der Waals surface area contributed by atoms with E-state index in [0.717, 1.165) is 5.56 Å². The zero-order chi connectivity index (χ0) is 27.8. The summed E-state index contributed by atoms with van der Waals surface area (Å²) in [6.45, 7) is -0.536. The van der Waals surface area contributed by atoms with E-state index in [4.69, 9.17) is 5.73 Å². The summed E-state index contributed by atoms with van der Waals surface area (Å²) in [4.78, 5) is 52.0. The number of nitrogens with one attached hydrogen (secondary N) is 2. The second kappa shape index (κ2) is 12.9. The highest BCUT2D eigenvalue weighted by atomic mass is 16.4. The topological polar surface area (TPSA) is 203 Å². The fraction of sp³-hybridized carbons (Fsp3) is 0.385. The number of nitrogens with two attached hydrogens (primary N) is 1. The van der Waals surface area contributed by atoms with Gasteiger partial charge in [-0.05, 0) is 54.7 Å². The van der Waals surface area contributed by atoms with E-state index in [2.05, 4.69) is 10.6 Å². The van der Waals surface area contributed by atoms with Gasteiger partial charge < -0.3 is 41.7 Å². The van der Waals surface area contributed by atoms with Gasteiger partial charge in [0, 0.05) is 13.0 Å². The van der Waals surface area contributed by atoms with E-state index in [1.54, 1.807) is 24.3 Å². The van der Waals surface area contributed by atoms with Gasteiger partial charge in [0.05, 0.1) is 12.6 Å². The number of aromatic hydroxyl groups is 2. The summed E-state index contributed by atoms with van der Waals surface area (Å²) < 4.78 is 0. The lowest BCUT2D eigenvalue weighted by atomic mass is 10.0. The van der Waals surface area contributed by atoms with Gasteiger partial charge in [-0.15, -0.1) is 0 Å². The van der Waals surface area contributed by atoms with Crippen LogP contribution in [0.2, 0.25) is 0 Å². The number of phenols is 2. The van der Waals surface area contributed by atoms with Crippen molar-refractivity contribution in [3.05, 3.63) is 59.7 Å². The summed E-state index contributed by atoms with van der Waals surface area (Å²) in [5.41, 5.74) is 7.46. The number of aliphatic hydroxyl groups is 1. The molecule has 204 valence electrons. The highest BCUT2D eigenvalue weighted by Gasteiger charge is 2.38. The lowest BCUT2D eigenvalue weighted by molar-refractivity contribution is -0.144. The first-order chi connectivity index (χ1) is 18.1. The predicted molar refractivity (Wildman–Crippen MR) is 135 cm³/mol. The van der Waals surface area contributed by atoms with Crippen molar-refractivity contribution in [3.63, 3.8) is 0 Å². The zero-order valence-electron chi connectivity index (χ0n) is 20.6. The molecule has 12 nitrogen and oxygen atoms in total. The Morgan fingerprint density at radius 2 is 1.45 bits per heavy atom. The molecule has 4 unspecified atom stereocenters. The van der Waals surface area contributed by atoms with Crippen molar-refractivity contribution in [1.82, 2.24) is 15.5 Å². The van der Waals surface area contributed by atoms with E-state index >= 15 is 0 Å². The van der Waals surface area contributed by atoms with Gasteiger partial charge in [-0.1, -0.05) is 24.3 Å². The maximum atomic E-state index is 13.3. The molecule has 1 aliphatic heterocycles. The minimum absolute atomic E-state index is 0.00811. The van der Waals surface area contributed by atoms with Crippen molar-refractivity contribution in [2.75, 3.05) is 13.2 Å². The number of carbonyl (C=O) groups is 4. The van der Waals surface area contributed by atoms with E-state index in [9.17, 15) is 39.6 Å². The quantitative estimate of drug-likeness (QED) is 0.196. The zero-order valence-corrected chi connectivity index (χ0v) is 20.6. The monoisotopic (exact) mass is 528 g/mol. The molecule has 2 aromatic rings. The number of benzene rings is 2. The van der Waals surface area contributed by atoms with Gasteiger partial charge in [-0.2, -0.15) is 0 Å². The normalized spacial score (nSPS) is 17.3. The average Bonchev–Trinajstić information content (AvgIpc) is 3.38. The Hall–Kier alpha value is -4.16. The third-order valence-corrected chi connectivity index (χ3v) is 6.35. The first kappa shape index (κ1) is 28.4. The summed E-state index contributed by atoms with van der Waals surface area (Å²) in [7, 11) is 0. The lowest BCUT2D eigenvalue weighted by Gasteiger charge is -2.28. The number of aliphatic hydroxyl groups excluding tert-OH is 1. The fourth-order valence-corrected chi connectivity index (χ4v) is 4.29. The standard InChI is InChI=1S/C26H32N4O8/c27-19(12-15-3-7-17(32)8-4-15)25(36)30-11-1-2-22(30)24(35)28-20(13-16-5-9-18(33)10-6-16)23(34)29-21(14-31)26(37)38/h3-10,19-22,31-33H,1-2,11-14,27H2,(H,28,35)(H,29,34)(H,37,38). The number of amides is 3. The molecule has 0 saturated carbocycles. The number of phenolic OH excluding ortho intramolecular Hbond substituents is 2. The second-order valence-electron chi connectivity index (χ2n) is 9.18. The number of aliphatic carboxylic acids is 1. The van der Waals surface area contributed by atoms with Crippen molar-refractivity contribution in [2.45, 2.75) is 49.9 Å². The molecule has 3 rings (SSSR count). The SMILES string of the molecule is NC(Cc1ccc(O)cc1)C(=O)N1CCCC1C(=O)NC(Cc1ccc(O)cc1)C(=O)NC(CO)C(=O)O. The number of hydrogen-bond acceptors (Lipinski definition) is 8. The molecular weight excluding hydrogens is 496 g/mol. The van der Waals surface area contributed by atoms with Crippen molar-refractivity contribution in [1.29, 1.82) is 0 Å². The van der Waals surface area contributed by atoms with Crippen LogP contribution in [0, 0.1) is 0 Å². The van der Waals surface area contributed by atoms with Gasteiger partial charge in [-0.25, -0.2) is 4.79 Å². The molecule has 1 heterocycles. The largest absolute Gasteiger partial charge is 0.508 e. The van der Waals surface area contributed by atoms with Crippen LogP contribution in [-0.2, 0) is 32.0 Å². The third-order valence-electron chi connectivity index (χ3n) is 6.35. The minimum atomic E-state index is -1.57. The Labute approximate surface area is 219 Å². The molecule has 3 amide bonds. The van der Waals surface area contributed by atoms with Crippen LogP contribution >= 0.6 is 0 Å². The molecule has 0 radical (unpaired) electrons. The molecule has 0 spiro atoms. The molecule has 2 aromatic carbocycles. The minimum Gasteiger partial charge on any atom is -0.508 e. The number of nitrogens with zero attached hydrogens (tertiary/aromatic N) is 1. The van der Waals surface area contributed by atoms with E-state index in [0.29, 0.717) is 24.9 Å². The first-order valence-electron chi connectivity index (χ1n) is 12.1. The van der Waals surface area contributed by atoms with E-state index in [-0.39, 0.29) is 24.3 Å². The molecule has 0 aromatic heterocycles. The maximum absolute atomic E-state index is 13.3. The van der Waals surface area contributed by atoms with Gasteiger partial charge in [0.15, 0.2) is 0 Å². The van der Waals surface area contributed by atoms with Crippen LogP contribution in [0.4, 0.5) is 0 Å². The van der Waals surface area contributed by atoms with Crippen LogP contribution in [-0.4, -0.2) is 86.3 Å². The molecular formula is C26H32N4O8. The maximum Gasteiger partial charge on any atom is 0.328 e. The van der Waals surface area contributed by atoms with Crippen LogP contribution in [0.1, 0.15) is 24.0 Å². The van der Waals surface area contributed by atoms with Crippen molar-refractivity contribution < 1.29 is 39.6 Å². The number of carboxylic acid groups (broad SMARTS) is 1. The summed E-state index contributed by atoms with van der Waals surface area (Å²) in [6, 6.07) is 7.62. The molecule has 1 fully saturated rings. The fourth-order valence-electron chi connectivity index (χ4n) is 4.29. The number of hydrogen-bond donors (Lipinski definition) is 7. The van der Waals surface area contributed by atoms with Crippen molar-refractivity contribution in [2.24, 2.45) is 5.73 Å². The van der Waals surface area contributed by atoms with Crippen molar-refractivity contribution >= 4 is 23.7 Å².